The van der Waals surface area contributed by atoms with Crippen LogP contribution in [0.1, 0.15) is 20.8 Å². The second-order valence-corrected chi connectivity index (χ2v) is 4.61. The van der Waals surface area contributed by atoms with Gasteiger partial charge in [0, 0.05) is 32.2 Å². The van der Waals surface area contributed by atoms with Crippen LogP contribution in [0.3, 0.4) is 0 Å². The third-order valence-corrected chi connectivity index (χ3v) is 3.42. The van der Waals surface area contributed by atoms with Gasteiger partial charge in [0.05, 0.1) is 0 Å². The van der Waals surface area contributed by atoms with Crippen molar-refractivity contribution in [3.63, 3.8) is 0 Å². The Bertz CT molecular complexity index is 309. The third kappa shape index (κ3) is 3.60. The maximum Gasteiger partial charge on any atom is 0.323 e. The molecule has 0 aromatic heterocycles. The Morgan fingerprint density at radius 1 is 1.33 bits per heavy atom. The SMILES string of the molecule is CCN(CC(=O)O)C(=O)N1CCN(CC)C(C)C1. The number of amides is 2. The summed E-state index contributed by atoms with van der Waals surface area (Å²) in [4.78, 5) is 28.3. The van der Waals surface area contributed by atoms with Crippen molar-refractivity contribution >= 4 is 12.0 Å². The van der Waals surface area contributed by atoms with E-state index in [4.69, 9.17) is 5.11 Å². The molecular weight excluding hydrogens is 234 g/mol. The zero-order valence-electron chi connectivity index (χ0n) is 11.4. The summed E-state index contributed by atoms with van der Waals surface area (Å²) in [5, 5.41) is 8.77. The van der Waals surface area contributed by atoms with Gasteiger partial charge in [-0.15, -0.1) is 0 Å². The number of nitrogens with zero attached hydrogens (tertiary/aromatic N) is 3. The van der Waals surface area contributed by atoms with Crippen LogP contribution >= 0.6 is 0 Å². The smallest absolute Gasteiger partial charge is 0.323 e. The first-order chi connectivity index (χ1) is 8.49. The van der Waals surface area contributed by atoms with Crippen molar-refractivity contribution in [2.45, 2.75) is 26.8 Å². The van der Waals surface area contributed by atoms with E-state index in [1.807, 2.05) is 0 Å². The number of likely N-dealkylation sites (N-methyl/N-ethyl adjacent to an activating group) is 2. The van der Waals surface area contributed by atoms with Crippen LogP contribution < -0.4 is 0 Å². The fourth-order valence-electron chi connectivity index (χ4n) is 2.32. The van der Waals surface area contributed by atoms with Crippen LogP contribution in [0.4, 0.5) is 4.79 Å². The van der Waals surface area contributed by atoms with Crippen LogP contribution in [0.5, 0.6) is 0 Å². The van der Waals surface area contributed by atoms with Crippen molar-refractivity contribution in [1.29, 1.82) is 0 Å². The summed E-state index contributed by atoms with van der Waals surface area (Å²) in [5.74, 6) is -0.967. The molecule has 1 atom stereocenters. The van der Waals surface area contributed by atoms with E-state index < -0.39 is 5.97 Å². The molecule has 6 nitrogen and oxygen atoms in total. The highest BCUT2D eigenvalue weighted by Gasteiger charge is 2.28. The molecular formula is C12H23N3O3. The van der Waals surface area contributed by atoms with Gasteiger partial charge in [-0.05, 0) is 20.4 Å². The lowest BCUT2D eigenvalue weighted by Gasteiger charge is -2.40. The van der Waals surface area contributed by atoms with E-state index >= 15 is 0 Å². The predicted molar refractivity (Wildman–Crippen MR) is 68.6 cm³/mol. The van der Waals surface area contributed by atoms with E-state index in [1.165, 1.54) is 4.90 Å². The highest BCUT2D eigenvalue weighted by atomic mass is 16.4. The number of carbonyl (C=O) groups excluding carboxylic acids is 1. The van der Waals surface area contributed by atoms with Gasteiger partial charge < -0.3 is 14.9 Å². The molecule has 0 radical (unpaired) electrons. The van der Waals surface area contributed by atoms with Crippen LogP contribution in [0, 0.1) is 0 Å². The second kappa shape index (κ2) is 6.58. The molecule has 0 bridgehead atoms. The summed E-state index contributed by atoms with van der Waals surface area (Å²) in [5.41, 5.74) is 0. The molecule has 0 spiro atoms. The van der Waals surface area contributed by atoms with E-state index in [9.17, 15) is 9.59 Å². The first kappa shape index (κ1) is 14.8. The standard InChI is InChI=1S/C12H23N3O3/c1-4-13-6-7-15(8-10(13)3)12(18)14(5-2)9-11(16)17/h10H,4-9H2,1-3H3,(H,16,17). The number of aliphatic carboxylic acids is 1. The largest absolute Gasteiger partial charge is 0.480 e. The minimum atomic E-state index is -0.967. The topological polar surface area (TPSA) is 64.1 Å². The Labute approximate surface area is 108 Å². The van der Waals surface area contributed by atoms with Crippen LogP contribution in [0.25, 0.3) is 0 Å². The molecule has 0 aliphatic carbocycles. The minimum absolute atomic E-state index is 0.164. The quantitative estimate of drug-likeness (QED) is 0.798. The zero-order chi connectivity index (χ0) is 13.7. The number of urea groups is 1. The van der Waals surface area contributed by atoms with Gasteiger partial charge in [0.25, 0.3) is 0 Å². The molecule has 1 unspecified atom stereocenters. The summed E-state index contributed by atoms with van der Waals surface area (Å²) in [6, 6.07) is 0.165. The van der Waals surface area contributed by atoms with Crippen LogP contribution in [-0.2, 0) is 4.79 Å². The molecule has 0 aromatic carbocycles. The monoisotopic (exact) mass is 257 g/mol. The number of carboxylic acids is 1. The average Bonchev–Trinajstić information content (AvgIpc) is 2.34. The van der Waals surface area contributed by atoms with Gasteiger partial charge in [-0.1, -0.05) is 6.92 Å². The van der Waals surface area contributed by atoms with Gasteiger partial charge >= 0.3 is 12.0 Å². The number of carbonyl (C=O) groups is 2. The van der Waals surface area contributed by atoms with Crippen LogP contribution in [0.2, 0.25) is 0 Å². The van der Waals surface area contributed by atoms with Gasteiger partial charge in [-0.3, -0.25) is 9.69 Å². The maximum absolute atomic E-state index is 12.2. The van der Waals surface area contributed by atoms with Crippen molar-refractivity contribution in [2.75, 3.05) is 39.3 Å². The summed E-state index contributed by atoms with van der Waals surface area (Å²) >= 11 is 0. The molecule has 1 aliphatic heterocycles. The first-order valence-electron chi connectivity index (χ1n) is 6.49. The van der Waals surface area contributed by atoms with E-state index in [2.05, 4.69) is 18.7 Å². The fourth-order valence-corrected chi connectivity index (χ4v) is 2.32. The lowest BCUT2D eigenvalue weighted by molar-refractivity contribution is -0.137. The van der Waals surface area contributed by atoms with Crippen molar-refractivity contribution in [3.05, 3.63) is 0 Å². The summed E-state index contributed by atoms with van der Waals surface area (Å²) in [6.07, 6.45) is 0. The molecule has 18 heavy (non-hydrogen) atoms. The molecule has 1 heterocycles. The van der Waals surface area contributed by atoms with Crippen molar-refractivity contribution in [3.8, 4) is 0 Å². The van der Waals surface area contributed by atoms with Crippen LogP contribution in [-0.4, -0.2) is 77.1 Å². The highest BCUT2D eigenvalue weighted by Crippen LogP contribution is 2.11. The third-order valence-electron chi connectivity index (χ3n) is 3.42. The lowest BCUT2D eigenvalue weighted by atomic mass is 10.2. The number of carboxylic acid groups (broad SMARTS) is 1. The average molecular weight is 257 g/mol. The maximum atomic E-state index is 12.2. The molecule has 1 fully saturated rings. The fraction of sp³-hybridized carbons (Fsp3) is 0.833. The Morgan fingerprint density at radius 3 is 2.44 bits per heavy atom. The number of rotatable bonds is 4. The van der Waals surface area contributed by atoms with Gasteiger partial charge in [-0.2, -0.15) is 0 Å². The summed E-state index contributed by atoms with van der Waals surface area (Å²) in [7, 11) is 0. The van der Waals surface area contributed by atoms with Crippen LogP contribution in [0.15, 0.2) is 0 Å². The highest BCUT2D eigenvalue weighted by molar-refractivity contribution is 5.80. The van der Waals surface area contributed by atoms with Gasteiger partial charge in [0.2, 0.25) is 0 Å². The van der Waals surface area contributed by atoms with Gasteiger partial charge in [0.1, 0.15) is 6.54 Å². The molecule has 6 heteroatoms. The summed E-state index contributed by atoms with van der Waals surface area (Å²) < 4.78 is 0. The van der Waals surface area contributed by atoms with Gasteiger partial charge in [0.15, 0.2) is 0 Å². The molecule has 0 aromatic rings. The van der Waals surface area contributed by atoms with E-state index in [0.717, 1.165) is 13.1 Å². The van der Waals surface area contributed by atoms with E-state index in [1.54, 1.807) is 11.8 Å². The molecule has 1 saturated heterocycles. The Morgan fingerprint density at radius 2 is 2.00 bits per heavy atom. The number of piperazine rings is 1. The Balaban J connectivity index is 2.59. The number of hydrogen-bond acceptors (Lipinski definition) is 3. The van der Waals surface area contributed by atoms with Gasteiger partial charge in [-0.25, -0.2) is 4.79 Å². The van der Waals surface area contributed by atoms with Crippen molar-refractivity contribution < 1.29 is 14.7 Å². The number of hydrogen-bond donors (Lipinski definition) is 1. The minimum Gasteiger partial charge on any atom is -0.480 e. The molecule has 0 saturated carbocycles. The van der Waals surface area contributed by atoms with E-state index in [-0.39, 0.29) is 12.6 Å². The normalized spacial score (nSPS) is 20.8. The van der Waals surface area contributed by atoms with E-state index in [0.29, 0.717) is 25.7 Å². The summed E-state index contributed by atoms with van der Waals surface area (Å²) in [6.45, 7) is 9.38. The van der Waals surface area contributed by atoms with Crippen molar-refractivity contribution in [2.24, 2.45) is 0 Å². The predicted octanol–water partition coefficient (Wildman–Crippen LogP) is 0.539. The Hall–Kier alpha value is -1.30. The Kier molecular flexibility index (Phi) is 5.40. The second-order valence-electron chi connectivity index (χ2n) is 4.61. The lowest BCUT2D eigenvalue weighted by Crippen LogP contribution is -2.56. The molecule has 1 N–H and O–H groups in total. The van der Waals surface area contributed by atoms with Crippen molar-refractivity contribution in [1.82, 2.24) is 14.7 Å². The molecule has 104 valence electrons. The molecule has 1 rings (SSSR count). The molecule has 2 amide bonds. The molecule has 1 aliphatic rings. The first-order valence-corrected chi connectivity index (χ1v) is 6.49. The zero-order valence-corrected chi connectivity index (χ0v) is 11.4.